The quantitative estimate of drug-likeness (QED) is 0.696. The van der Waals surface area contributed by atoms with Crippen LogP contribution in [0.1, 0.15) is 41.0 Å². The van der Waals surface area contributed by atoms with Gasteiger partial charge in [-0.2, -0.15) is 0 Å². The minimum absolute atomic E-state index is 0.166. The fourth-order valence-electron chi connectivity index (χ4n) is 1.85. The molecule has 3 heteroatoms. The van der Waals surface area contributed by atoms with Crippen molar-refractivity contribution < 1.29 is 4.74 Å². The van der Waals surface area contributed by atoms with Crippen molar-refractivity contribution in [3.8, 4) is 0 Å². The fraction of sp³-hybridized carbons (Fsp3) is 1.00. The van der Waals surface area contributed by atoms with Gasteiger partial charge in [0.05, 0.1) is 6.10 Å². The summed E-state index contributed by atoms with van der Waals surface area (Å²) in [6, 6.07) is 0. The van der Waals surface area contributed by atoms with E-state index in [1.165, 1.54) is 0 Å². The first-order valence-electron chi connectivity index (χ1n) is 5.95. The second kappa shape index (κ2) is 4.81. The zero-order valence-electron chi connectivity index (χ0n) is 10.8. The zero-order chi connectivity index (χ0) is 11.5. The van der Waals surface area contributed by atoms with Gasteiger partial charge in [-0.25, -0.2) is 0 Å². The fourth-order valence-corrected chi connectivity index (χ4v) is 1.85. The van der Waals surface area contributed by atoms with E-state index in [2.05, 4.69) is 45.3 Å². The molecule has 1 rings (SSSR count). The number of rotatable bonds is 4. The number of hydrogen-bond acceptors (Lipinski definition) is 3. The van der Waals surface area contributed by atoms with Crippen molar-refractivity contribution in [1.29, 1.82) is 0 Å². The highest BCUT2D eigenvalue weighted by Gasteiger charge is 2.36. The van der Waals surface area contributed by atoms with Crippen LogP contribution in [-0.4, -0.2) is 36.9 Å². The first kappa shape index (κ1) is 12.9. The van der Waals surface area contributed by atoms with Crippen LogP contribution in [0, 0.1) is 0 Å². The third-order valence-electron chi connectivity index (χ3n) is 3.20. The van der Waals surface area contributed by atoms with Gasteiger partial charge >= 0.3 is 0 Å². The molecule has 0 aromatic carbocycles. The average Bonchev–Trinajstić information content (AvgIpc) is 2.41. The van der Waals surface area contributed by atoms with Crippen molar-refractivity contribution in [3.05, 3.63) is 0 Å². The van der Waals surface area contributed by atoms with Crippen LogP contribution in [0.4, 0.5) is 0 Å². The van der Waals surface area contributed by atoms with Crippen LogP contribution in [0.3, 0.4) is 0 Å². The molecule has 1 fully saturated rings. The summed E-state index contributed by atoms with van der Waals surface area (Å²) in [4.78, 5) is 0. The molecule has 0 amide bonds. The summed E-state index contributed by atoms with van der Waals surface area (Å²) >= 11 is 0. The lowest BCUT2D eigenvalue weighted by atomic mass is 9.95. The molecule has 1 heterocycles. The van der Waals surface area contributed by atoms with Gasteiger partial charge in [0.25, 0.3) is 0 Å². The summed E-state index contributed by atoms with van der Waals surface area (Å²) in [5, 5.41) is 7.07. The lowest BCUT2D eigenvalue weighted by molar-refractivity contribution is 0.0887. The van der Waals surface area contributed by atoms with Crippen LogP contribution in [0.5, 0.6) is 0 Å². The molecule has 0 aromatic rings. The van der Waals surface area contributed by atoms with E-state index in [-0.39, 0.29) is 11.1 Å². The average molecular weight is 214 g/mol. The third-order valence-corrected chi connectivity index (χ3v) is 3.20. The van der Waals surface area contributed by atoms with Crippen LogP contribution in [0.25, 0.3) is 0 Å². The molecule has 0 saturated carbocycles. The molecule has 0 aliphatic carbocycles. The van der Waals surface area contributed by atoms with Gasteiger partial charge in [-0.15, -0.1) is 0 Å². The summed E-state index contributed by atoms with van der Waals surface area (Å²) in [5.74, 6) is 0. The summed E-state index contributed by atoms with van der Waals surface area (Å²) in [5.41, 5.74) is 0.375. The zero-order valence-corrected chi connectivity index (χ0v) is 10.8. The molecule has 2 N–H and O–H groups in total. The van der Waals surface area contributed by atoms with Gasteiger partial charge in [0, 0.05) is 30.8 Å². The lowest BCUT2D eigenvalue weighted by Crippen LogP contribution is -2.51. The Balaban J connectivity index is 2.20. The molecule has 2 unspecified atom stereocenters. The van der Waals surface area contributed by atoms with Gasteiger partial charge in [0.2, 0.25) is 0 Å². The Labute approximate surface area is 94.0 Å². The van der Waals surface area contributed by atoms with Crippen molar-refractivity contribution >= 4 is 0 Å². The van der Waals surface area contributed by atoms with Crippen molar-refractivity contribution in [1.82, 2.24) is 10.6 Å². The smallest absolute Gasteiger partial charge is 0.0726 e. The second-order valence-corrected chi connectivity index (χ2v) is 5.78. The van der Waals surface area contributed by atoms with E-state index in [1.54, 1.807) is 0 Å². The number of nitrogens with one attached hydrogen (secondary N) is 2. The highest BCUT2D eigenvalue weighted by molar-refractivity contribution is 4.93. The minimum atomic E-state index is 0.166. The second-order valence-electron chi connectivity index (χ2n) is 5.78. The van der Waals surface area contributed by atoms with Crippen LogP contribution >= 0.6 is 0 Å². The Bertz CT molecular complexity index is 200. The number of ether oxygens (including phenoxy) is 1. The standard InChI is InChI=1S/C12H26N2O/c1-10-12(5,6-9-15-10)14-8-7-13-11(2,3)4/h10,13-14H,6-9H2,1-5H3. The summed E-state index contributed by atoms with van der Waals surface area (Å²) in [6.07, 6.45) is 1.44. The van der Waals surface area contributed by atoms with Crippen molar-refractivity contribution in [3.63, 3.8) is 0 Å². The van der Waals surface area contributed by atoms with Gasteiger partial charge in [-0.05, 0) is 41.0 Å². The van der Waals surface area contributed by atoms with E-state index in [9.17, 15) is 0 Å². The molecule has 3 nitrogen and oxygen atoms in total. The normalized spacial score (nSPS) is 32.2. The van der Waals surface area contributed by atoms with E-state index in [4.69, 9.17) is 4.74 Å². The molecule has 90 valence electrons. The Morgan fingerprint density at radius 1 is 1.33 bits per heavy atom. The summed E-state index contributed by atoms with van der Waals surface area (Å²) in [6.45, 7) is 13.9. The Morgan fingerprint density at radius 3 is 2.47 bits per heavy atom. The minimum Gasteiger partial charge on any atom is -0.377 e. The van der Waals surface area contributed by atoms with Crippen LogP contribution in [0.2, 0.25) is 0 Å². The maximum atomic E-state index is 5.58. The van der Waals surface area contributed by atoms with Gasteiger partial charge in [0.1, 0.15) is 0 Å². The molecular weight excluding hydrogens is 188 g/mol. The lowest BCUT2D eigenvalue weighted by Gasteiger charge is -2.30. The highest BCUT2D eigenvalue weighted by Crippen LogP contribution is 2.24. The SMILES string of the molecule is CC1OCCC1(C)NCCNC(C)(C)C. The Morgan fingerprint density at radius 2 is 2.00 bits per heavy atom. The molecule has 1 aliphatic heterocycles. The molecule has 0 aromatic heterocycles. The van der Waals surface area contributed by atoms with Crippen molar-refractivity contribution in [2.45, 2.75) is 58.2 Å². The van der Waals surface area contributed by atoms with Crippen molar-refractivity contribution in [2.75, 3.05) is 19.7 Å². The molecule has 0 radical (unpaired) electrons. The maximum absolute atomic E-state index is 5.58. The molecule has 1 saturated heterocycles. The molecule has 0 spiro atoms. The van der Waals surface area contributed by atoms with E-state index in [0.29, 0.717) is 6.10 Å². The van der Waals surface area contributed by atoms with Gasteiger partial charge < -0.3 is 15.4 Å². The summed E-state index contributed by atoms with van der Waals surface area (Å²) in [7, 11) is 0. The molecule has 0 bridgehead atoms. The molecule has 15 heavy (non-hydrogen) atoms. The predicted octanol–water partition coefficient (Wildman–Crippen LogP) is 1.53. The Kier molecular flexibility index (Phi) is 4.15. The Hall–Kier alpha value is -0.120. The van der Waals surface area contributed by atoms with Crippen LogP contribution < -0.4 is 10.6 Å². The van der Waals surface area contributed by atoms with Crippen LogP contribution in [-0.2, 0) is 4.74 Å². The molecular formula is C12H26N2O. The largest absolute Gasteiger partial charge is 0.377 e. The first-order chi connectivity index (χ1) is 6.83. The van der Waals surface area contributed by atoms with Gasteiger partial charge in [-0.1, -0.05) is 0 Å². The van der Waals surface area contributed by atoms with E-state index < -0.39 is 0 Å². The van der Waals surface area contributed by atoms with Crippen LogP contribution in [0.15, 0.2) is 0 Å². The monoisotopic (exact) mass is 214 g/mol. The van der Waals surface area contributed by atoms with Gasteiger partial charge in [0.15, 0.2) is 0 Å². The molecule has 2 atom stereocenters. The molecule has 1 aliphatic rings. The maximum Gasteiger partial charge on any atom is 0.0726 e. The first-order valence-corrected chi connectivity index (χ1v) is 5.95. The van der Waals surface area contributed by atoms with Gasteiger partial charge in [-0.3, -0.25) is 0 Å². The highest BCUT2D eigenvalue weighted by atomic mass is 16.5. The van der Waals surface area contributed by atoms with E-state index in [0.717, 1.165) is 26.1 Å². The van der Waals surface area contributed by atoms with Crippen molar-refractivity contribution in [2.24, 2.45) is 0 Å². The van der Waals surface area contributed by atoms with E-state index in [1.807, 2.05) is 0 Å². The van der Waals surface area contributed by atoms with E-state index >= 15 is 0 Å². The third kappa shape index (κ3) is 4.09. The predicted molar refractivity (Wildman–Crippen MR) is 64.2 cm³/mol. The number of hydrogen-bond donors (Lipinski definition) is 2. The topological polar surface area (TPSA) is 33.3 Å². The summed E-state index contributed by atoms with van der Waals surface area (Å²) < 4.78 is 5.58.